The molecule has 1 aromatic heterocycles. The van der Waals surface area contributed by atoms with Gasteiger partial charge in [0.05, 0.1) is 34.8 Å². The van der Waals surface area contributed by atoms with Crippen molar-refractivity contribution in [2.75, 3.05) is 13.2 Å². The zero-order valence-electron chi connectivity index (χ0n) is 16.8. The Bertz CT molecular complexity index is 1200. The molecule has 0 amide bonds. The van der Waals surface area contributed by atoms with Gasteiger partial charge in [-0.3, -0.25) is 4.57 Å². The van der Waals surface area contributed by atoms with Crippen molar-refractivity contribution < 1.29 is 18.7 Å². The molecule has 2 aliphatic heterocycles. The molecule has 2 aliphatic rings. The van der Waals surface area contributed by atoms with Crippen molar-refractivity contribution in [3.05, 3.63) is 70.9 Å². The molecule has 0 spiro atoms. The van der Waals surface area contributed by atoms with E-state index in [1.807, 2.05) is 73.0 Å². The van der Waals surface area contributed by atoms with Gasteiger partial charge >= 0.3 is 7.60 Å². The molecule has 2 aromatic carbocycles. The zero-order chi connectivity index (χ0) is 21.1. The first-order chi connectivity index (χ1) is 14.3. The molecular weight excluding hydrogens is 421 g/mol. The predicted octanol–water partition coefficient (Wildman–Crippen LogP) is 6.32. The van der Waals surface area contributed by atoms with E-state index in [2.05, 4.69) is 0 Å². The molecule has 1 unspecified atom stereocenters. The van der Waals surface area contributed by atoms with Crippen LogP contribution < -0.4 is 0 Å². The van der Waals surface area contributed by atoms with Crippen LogP contribution in [-0.4, -0.2) is 22.9 Å². The van der Waals surface area contributed by atoms with E-state index >= 15 is 0 Å². The molecule has 0 saturated carbocycles. The Balaban J connectivity index is 1.80. The van der Waals surface area contributed by atoms with Gasteiger partial charge in [-0.15, -0.1) is 0 Å². The van der Waals surface area contributed by atoms with Crippen molar-refractivity contribution in [2.45, 2.75) is 26.4 Å². The first-order valence-electron chi connectivity index (χ1n) is 9.96. The first-order valence-corrected chi connectivity index (χ1v) is 11.9. The van der Waals surface area contributed by atoms with E-state index in [-0.39, 0.29) is 11.8 Å². The molecule has 0 radical (unpaired) electrons. The Morgan fingerprint density at radius 3 is 2.43 bits per heavy atom. The molecule has 0 bridgehead atoms. The van der Waals surface area contributed by atoms with Gasteiger partial charge in [0.25, 0.3) is 0 Å². The summed E-state index contributed by atoms with van der Waals surface area (Å²) in [6.07, 6.45) is -0.518. The van der Waals surface area contributed by atoms with Gasteiger partial charge in [-0.1, -0.05) is 74.0 Å². The van der Waals surface area contributed by atoms with Crippen molar-refractivity contribution in [3.63, 3.8) is 0 Å². The Labute approximate surface area is 180 Å². The van der Waals surface area contributed by atoms with Crippen molar-refractivity contribution >= 4 is 41.1 Å². The number of fused-ring (bicyclic) bond motifs is 3. The molecule has 3 heterocycles. The second kappa shape index (κ2) is 7.08. The fraction of sp³-hybridized carbons (Fsp3) is 0.304. The third-order valence-electron chi connectivity index (χ3n) is 5.66. The summed E-state index contributed by atoms with van der Waals surface area (Å²) < 4.78 is 27.8. The highest BCUT2D eigenvalue weighted by atomic mass is 35.5. The maximum atomic E-state index is 14.0. The lowest BCUT2D eigenvalue weighted by Gasteiger charge is -2.35. The van der Waals surface area contributed by atoms with Crippen LogP contribution in [0.25, 0.3) is 21.9 Å². The molecule has 156 valence electrons. The van der Waals surface area contributed by atoms with Crippen LogP contribution in [0.5, 0.6) is 0 Å². The van der Waals surface area contributed by atoms with Gasteiger partial charge in [0, 0.05) is 22.9 Å². The summed E-state index contributed by atoms with van der Waals surface area (Å²) in [5.41, 5.74) is 2.72. The Kier molecular flexibility index (Phi) is 4.73. The quantitative estimate of drug-likeness (QED) is 0.470. The molecule has 0 aliphatic carbocycles. The van der Waals surface area contributed by atoms with Crippen molar-refractivity contribution in [1.29, 1.82) is 0 Å². The summed E-state index contributed by atoms with van der Waals surface area (Å²) in [5, 5.41) is 12.7. The summed E-state index contributed by atoms with van der Waals surface area (Å²) >= 11 is 6.64. The third kappa shape index (κ3) is 3.08. The van der Waals surface area contributed by atoms with E-state index in [1.54, 1.807) is 0 Å². The summed E-state index contributed by atoms with van der Waals surface area (Å²) in [6.45, 7) is 4.69. The SMILES string of the molecule is CC1(C)COP(=O)(/C(=C2\CC(O)c3c(Cl)c4ccccc4n32)c2ccccc2)OC1. The Morgan fingerprint density at radius 1 is 1.10 bits per heavy atom. The highest BCUT2D eigenvalue weighted by molar-refractivity contribution is 7.65. The summed E-state index contributed by atoms with van der Waals surface area (Å²) in [7, 11) is -3.62. The Hall–Kier alpha value is -1.88. The molecule has 1 fully saturated rings. The second-order valence-corrected chi connectivity index (χ2v) is 11.0. The lowest BCUT2D eigenvalue weighted by molar-refractivity contribution is 0.0467. The van der Waals surface area contributed by atoms with Crippen LogP contribution in [0.4, 0.5) is 0 Å². The number of nitrogens with zero attached hydrogens (tertiary/aromatic N) is 1. The molecule has 7 heteroatoms. The van der Waals surface area contributed by atoms with Crippen molar-refractivity contribution in [2.24, 2.45) is 5.41 Å². The standard InChI is InChI=1S/C23H23ClNO4P/c1-23(2)13-28-30(27,29-14-23)22(15-8-4-3-5-9-15)18-12-19(26)21-20(24)16-10-6-7-11-17(16)25(18)21/h3-11,19,26H,12-14H2,1-2H3/b22-18+. The van der Waals surface area contributed by atoms with Crippen LogP contribution >= 0.6 is 19.2 Å². The first kappa shape index (κ1) is 20.0. The van der Waals surface area contributed by atoms with Gasteiger partial charge in [-0.2, -0.15) is 0 Å². The van der Waals surface area contributed by atoms with Gasteiger partial charge in [-0.25, -0.2) is 0 Å². The molecule has 1 saturated heterocycles. The van der Waals surface area contributed by atoms with E-state index in [0.717, 1.165) is 16.5 Å². The van der Waals surface area contributed by atoms with Crippen LogP contribution in [0.3, 0.4) is 0 Å². The molecule has 5 nitrogen and oxygen atoms in total. The van der Waals surface area contributed by atoms with E-state index in [4.69, 9.17) is 20.6 Å². The highest BCUT2D eigenvalue weighted by Gasteiger charge is 2.44. The van der Waals surface area contributed by atoms with E-state index in [9.17, 15) is 9.67 Å². The van der Waals surface area contributed by atoms with Crippen LogP contribution in [-0.2, 0) is 13.6 Å². The number of aliphatic hydroxyl groups excluding tert-OH is 1. The number of hydrogen-bond acceptors (Lipinski definition) is 4. The predicted molar refractivity (Wildman–Crippen MR) is 119 cm³/mol. The van der Waals surface area contributed by atoms with Gasteiger partial charge in [0.1, 0.15) is 6.10 Å². The highest BCUT2D eigenvalue weighted by Crippen LogP contribution is 2.67. The van der Waals surface area contributed by atoms with Gasteiger partial charge in [-0.05, 0) is 11.6 Å². The molecular formula is C23H23ClNO4P. The number of halogens is 1. The smallest absolute Gasteiger partial charge is 0.363 e. The largest absolute Gasteiger partial charge is 0.386 e. The average molecular weight is 444 g/mol. The number of hydrogen-bond donors (Lipinski definition) is 1. The average Bonchev–Trinajstić information content (AvgIpc) is 3.22. The normalized spacial score (nSPS) is 24.1. The minimum absolute atomic E-state index is 0.218. The topological polar surface area (TPSA) is 60.7 Å². The number of rotatable bonds is 2. The van der Waals surface area contributed by atoms with Crippen LogP contribution in [0.15, 0.2) is 54.6 Å². The molecule has 30 heavy (non-hydrogen) atoms. The summed E-state index contributed by atoms with van der Waals surface area (Å²) in [5.74, 6) is 0. The van der Waals surface area contributed by atoms with Crippen LogP contribution in [0.2, 0.25) is 5.02 Å². The van der Waals surface area contributed by atoms with E-state index in [0.29, 0.717) is 34.9 Å². The second-order valence-electron chi connectivity index (χ2n) is 8.64. The Morgan fingerprint density at radius 2 is 1.73 bits per heavy atom. The fourth-order valence-electron chi connectivity index (χ4n) is 4.19. The number of aliphatic hydroxyl groups is 1. The monoisotopic (exact) mass is 443 g/mol. The number of aromatic nitrogens is 1. The third-order valence-corrected chi connectivity index (χ3v) is 8.06. The molecule has 5 rings (SSSR count). The fourth-order valence-corrected chi connectivity index (χ4v) is 6.90. The maximum Gasteiger partial charge on any atom is 0.363 e. The molecule has 1 N–H and O–H groups in total. The van der Waals surface area contributed by atoms with Crippen LogP contribution in [0, 0.1) is 5.41 Å². The lowest BCUT2D eigenvalue weighted by Crippen LogP contribution is -2.29. The molecule has 3 aromatic rings. The lowest BCUT2D eigenvalue weighted by atomic mass is 9.97. The minimum atomic E-state index is -3.62. The summed E-state index contributed by atoms with van der Waals surface area (Å²) in [4.78, 5) is 0. The maximum absolute atomic E-state index is 14.0. The number of para-hydroxylation sites is 1. The van der Waals surface area contributed by atoms with Crippen LogP contribution in [0.1, 0.15) is 37.6 Å². The van der Waals surface area contributed by atoms with E-state index in [1.165, 1.54) is 0 Å². The van der Waals surface area contributed by atoms with Gasteiger partial charge in [0.15, 0.2) is 0 Å². The van der Waals surface area contributed by atoms with E-state index < -0.39 is 13.7 Å². The minimum Gasteiger partial charge on any atom is -0.386 e. The molecule has 1 atom stereocenters. The summed E-state index contributed by atoms with van der Waals surface area (Å²) in [6, 6.07) is 17.2. The van der Waals surface area contributed by atoms with Crippen molar-refractivity contribution in [1.82, 2.24) is 4.57 Å². The van der Waals surface area contributed by atoms with Gasteiger partial charge < -0.3 is 18.7 Å². The zero-order valence-corrected chi connectivity index (χ0v) is 18.5. The van der Waals surface area contributed by atoms with Gasteiger partial charge in [0.2, 0.25) is 0 Å². The van der Waals surface area contributed by atoms with Crippen molar-refractivity contribution in [3.8, 4) is 0 Å². The number of benzene rings is 2.